The zero-order valence-electron chi connectivity index (χ0n) is 63.8. The van der Waals surface area contributed by atoms with Gasteiger partial charge in [-0.15, -0.1) is 37.4 Å². The minimum absolute atomic E-state index is 0.0271. The van der Waals surface area contributed by atoms with E-state index in [9.17, 15) is 75.3 Å². The number of nitrogens with zero attached hydrogens (tertiary/aromatic N) is 4. The number of amides is 8. The van der Waals surface area contributed by atoms with Gasteiger partial charge in [-0.25, -0.2) is 0 Å². The second kappa shape index (κ2) is 47.7. The Hall–Kier alpha value is -5.65. The summed E-state index contributed by atoms with van der Waals surface area (Å²) < 4.78 is 84.0. The van der Waals surface area contributed by atoms with E-state index < -0.39 is 98.1 Å². The van der Waals surface area contributed by atoms with Crippen LogP contribution < -0.4 is 0 Å². The van der Waals surface area contributed by atoms with Crippen LogP contribution in [-0.2, 0) is 140 Å². The number of benzene rings is 2. The molecular weight excluding hydrogens is 1480 g/mol. The van der Waals surface area contributed by atoms with Gasteiger partial charge >= 0.3 is 45.4 Å². The number of rotatable bonds is 38. The van der Waals surface area contributed by atoms with Crippen molar-refractivity contribution in [1.82, 2.24) is 20.3 Å². The van der Waals surface area contributed by atoms with E-state index in [4.69, 9.17) is 21.0 Å². The van der Waals surface area contributed by atoms with E-state index in [1.807, 2.05) is 32.0 Å². The third kappa shape index (κ3) is 26.8. The van der Waals surface area contributed by atoms with Crippen LogP contribution in [0.1, 0.15) is 308 Å². The zero-order chi connectivity index (χ0) is 78.7. The van der Waals surface area contributed by atoms with Crippen molar-refractivity contribution in [3.05, 3.63) is 53.1 Å². The van der Waals surface area contributed by atoms with Crippen molar-refractivity contribution in [2.45, 2.75) is 309 Å². The van der Waals surface area contributed by atoms with Crippen molar-refractivity contribution in [2.75, 3.05) is 26.4 Å². The van der Waals surface area contributed by atoms with Gasteiger partial charge in [0.2, 0.25) is 0 Å². The monoisotopic (exact) mass is 1600 g/mol. The van der Waals surface area contributed by atoms with Crippen LogP contribution >= 0.6 is 0 Å². The lowest BCUT2D eigenvalue weighted by atomic mass is 9.44. The maximum absolute atomic E-state index is 11.5. The summed E-state index contributed by atoms with van der Waals surface area (Å²) in [4.78, 5) is 101. The van der Waals surface area contributed by atoms with Gasteiger partial charge in [0.1, 0.15) is 23.0 Å². The topological polar surface area (TPSA) is 369 Å². The number of carbonyl (C=O) groups is 9. The van der Waals surface area contributed by atoms with Gasteiger partial charge in [0.15, 0.2) is 0 Å². The van der Waals surface area contributed by atoms with Gasteiger partial charge in [-0.1, -0.05) is 188 Å². The Bertz CT molecular complexity index is 3330. The predicted octanol–water partition coefficient (Wildman–Crippen LogP) is 13.6. The van der Waals surface area contributed by atoms with E-state index in [-0.39, 0.29) is 86.1 Å². The quantitative estimate of drug-likeness (QED) is 0.0415. The zero-order valence-corrected chi connectivity index (χ0v) is 67.0. The lowest BCUT2D eigenvalue weighted by Gasteiger charge is -2.59. The molecule has 28 nitrogen and oxygen atoms in total. The average molecular weight is 1600 g/mol. The summed E-state index contributed by atoms with van der Waals surface area (Å²) in [5.41, 5.74) is 3.24. The number of phenolic OH excluding ortho intramolecular Hbond substituents is 3. The first-order valence-electron chi connectivity index (χ1n) is 39.3. The highest BCUT2D eigenvalue weighted by atomic mass is 32.2. The minimum Gasteiger partial charge on any atom is -0.508 e. The molecule has 608 valence electrons. The molecule has 2 aromatic rings. The van der Waals surface area contributed by atoms with Crippen LogP contribution in [0.15, 0.2) is 36.4 Å². The number of hydrogen-bond donors (Lipinski definition) is 3. The Kier molecular flexibility index (Phi) is 40.3. The molecule has 9 aliphatic rings. The number of ketones is 1. The Balaban J connectivity index is 0.000000212. The van der Waals surface area contributed by atoms with Crippen molar-refractivity contribution >= 4 is 98.5 Å². The molecule has 4 heterocycles. The van der Waals surface area contributed by atoms with E-state index in [2.05, 4.69) is 39.7 Å². The average Bonchev–Trinajstić information content (AvgIpc) is 0.828. The van der Waals surface area contributed by atoms with Gasteiger partial charge in [0, 0.05) is 74.8 Å². The molecule has 8 unspecified atom stereocenters. The molecule has 108 heavy (non-hydrogen) atoms. The molecule has 0 radical (unpaired) electrons. The largest absolute Gasteiger partial charge is 0.508 e. The predicted molar refractivity (Wildman–Crippen MR) is 401 cm³/mol. The fourth-order valence-corrected chi connectivity index (χ4v) is 17.9. The van der Waals surface area contributed by atoms with Gasteiger partial charge in [-0.3, -0.25) is 59.9 Å². The Labute approximate surface area is 647 Å². The number of hydrogen-bond acceptors (Lipinski definition) is 24. The highest BCUT2D eigenvalue weighted by Crippen LogP contribution is 2.64. The highest BCUT2D eigenvalue weighted by molar-refractivity contribution is 7.75. The van der Waals surface area contributed by atoms with E-state index in [1.54, 1.807) is 6.07 Å². The Morgan fingerprint density at radius 1 is 0.398 bits per heavy atom. The second-order valence-corrected chi connectivity index (χ2v) is 31.8. The van der Waals surface area contributed by atoms with Crippen molar-refractivity contribution in [3.63, 3.8) is 0 Å². The smallest absolute Gasteiger partial charge is 0.328 e. The van der Waals surface area contributed by atoms with Gasteiger partial charge in [-0.05, 0) is 111 Å². The molecule has 4 saturated carbocycles. The molecule has 2 aromatic carbocycles. The first-order valence-corrected chi connectivity index (χ1v) is 43.3. The van der Waals surface area contributed by atoms with Crippen LogP contribution in [0.25, 0.3) is 0 Å². The summed E-state index contributed by atoms with van der Waals surface area (Å²) in [6.07, 6.45) is 37.4. The third-order valence-corrected chi connectivity index (χ3v) is 23.8. The number of imide groups is 4. The molecule has 3 N–H and O–H groups in total. The van der Waals surface area contributed by atoms with Crippen LogP contribution in [0, 0.1) is 17.3 Å². The maximum Gasteiger partial charge on any atom is 0.328 e. The summed E-state index contributed by atoms with van der Waals surface area (Å²) in [5, 5.41) is 33.1. The molecule has 8 amide bonds. The molecule has 32 heteroatoms. The normalized spacial score (nSPS) is 22.9. The van der Waals surface area contributed by atoms with Crippen LogP contribution in [0.3, 0.4) is 0 Å². The summed E-state index contributed by atoms with van der Waals surface area (Å²) in [5.74, 6) is -2.24. The number of Topliss-reactive ketones (excluding diaryl/α,β-unsaturated/α-hetero) is 1. The first kappa shape index (κ1) is 91.2. The van der Waals surface area contributed by atoms with Crippen molar-refractivity contribution in [1.29, 1.82) is 0 Å². The first-order chi connectivity index (χ1) is 52.0. The standard InChI is InChI=1S/C25H30O3.C16H29NO5S.C12H21NO5S.C11H13NO6S.C10H17NO5S.C2H6/c26-18-7-9-20-17(14-18)16-25(21-10-8-19(27)15-22(21)28)13-5-2-6-23(25)24(20)11-3-1-4-12-24;1-2-3-4-5-6-7-8-9-10-11-14-21-23(20)22-17-15(18)12-13-16(17)19;1-2-3-4-5-6-7-10-17-19(16)18-13-11(14)8-9-12(13)15;13-8-5-7-3-4-11(7,8)6-17-19(16)18-12-9(14)1-2-10(12)15;1-2-3-4-5-8-15-17(14)16-11-9(12)6-7-10(11)13;1-2/h7-10,14-15,23,26-28H,1-6,11-13,16H2;2-14H2,1H3;2-10H2,1H3;7H,1-6H2;2-8H2,1H3;1-2H3. The number of hydroxylamine groups is 8. The van der Waals surface area contributed by atoms with Crippen LogP contribution in [-0.4, -0.2) is 132 Å². The molecule has 8 fully saturated rings. The number of carbonyl (C=O) groups excluding carboxylic acids is 9. The summed E-state index contributed by atoms with van der Waals surface area (Å²) in [6, 6.07) is 11.2. The molecule has 1 spiro atoms. The van der Waals surface area contributed by atoms with Gasteiger partial charge < -0.3 is 15.3 Å². The van der Waals surface area contributed by atoms with E-state index in [0.717, 1.165) is 95.5 Å². The lowest BCUT2D eigenvalue weighted by molar-refractivity contribution is -0.170. The number of aromatic hydroxyl groups is 3. The van der Waals surface area contributed by atoms with Crippen molar-refractivity contribution < 1.29 is 109 Å². The van der Waals surface area contributed by atoms with Crippen LogP contribution in [0.2, 0.25) is 0 Å². The van der Waals surface area contributed by atoms with E-state index >= 15 is 0 Å². The van der Waals surface area contributed by atoms with E-state index in [0.29, 0.717) is 64.1 Å². The molecule has 11 rings (SSSR count). The lowest BCUT2D eigenvalue weighted by Crippen LogP contribution is -2.59. The highest BCUT2D eigenvalue weighted by Gasteiger charge is 2.61. The van der Waals surface area contributed by atoms with Crippen molar-refractivity contribution in [2.24, 2.45) is 17.3 Å². The second-order valence-electron chi connectivity index (χ2n) is 28.6. The summed E-state index contributed by atoms with van der Waals surface area (Å²) >= 11 is -8.46. The molecule has 0 aromatic heterocycles. The van der Waals surface area contributed by atoms with Crippen LogP contribution in [0.4, 0.5) is 0 Å². The Morgan fingerprint density at radius 2 is 0.741 bits per heavy atom. The molecule has 4 aliphatic heterocycles. The number of phenols is 3. The third-order valence-electron chi connectivity index (χ3n) is 21.3. The Morgan fingerprint density at radius 3 is 1.10 bits per heavy atom. The fourth-order valence-electron chi connectivity index (χ4n) is 15.5. The maximum atomic E-state index is 11.5. The SMILES string of the molecule is CC.CCCCCCCCCCCCOS(=O)ON1C(=O)CCC1=O.CCCCCCCCOS(=O)ON1C(=O)CCC1=O.CCCCCCOS(=O)ON1C(=O)CCC1=O.O=C1CCC(=O)N1OS(=O)OCC12CCC1CC2=O.Oc1ccc(C23CCCCC2C2(CCCCC2)c2ccc(O)cc2C3)c(O)c1. The minimum atomic E-state index is -2.23. The molecule has 0 bridgehead atoms. The van der Waals surface area contributed by atoms with Crippen LogP contribution in [0.5, 0.6) is 17.2 Å². The number of fused-ring (bicyclic) bond motifs is 5. The van der Waals surface area contributed by atoms with Gasteiger partial charge in [0.05, 0.1) is 31.8 Å². The molecule has 4 saturated heterocycles. The van der Waals surface area contributed by atoms with E-state index in [1.165, 1.54) is 133 Å². The summed E-state index contributed by atoms with van der Waals surface area (Å²) in [6.45, 7) is 11.4. The molecule has 5 aliphatic carbocycles. The summed E-state index contributed by atoms with van der Waals surface area (Å²) in [7, 11) is 0. The van der Waals surface area contributed by atoms with Crippen molar-refractivity contribution in [3.8, 4) is 17.2 Å². The van der Waals surface area contributed by atoms with Gasteiger partial charge in [0.25, 0.3) is 47.3 Å². The molecule has 8 atom stereocenters. The fraction of sp³-hybridized carbons (Fsp3) is 0.724. The molecular formula is C76H116N4O24S4. The number of unbranched alkanes of at least 4 members (excludes halogenated alkanes) is 17. The van der Waals surface area contributed by atoms with Gasteiger partial charge in [-0.2, -0.15) is 16.8 Å².